The SMILES string of the molecule is CC(C)(CNC(=O)Cc1cccc(F)c1F)C(N)=S. The van der Waals surface area contributed by atoms with Crippen LogP contribution < -0.4 is 11.1 Å². The summed E-state index contributed by atoms with van der Waals surface area (Å²) in [6, 6.07) is 3.74. The highest BCUT2D eigenvalue weighted by Crippen LogP contribution is 2.14. The van der Waals surface area contributed by atoms with E-state index in [1.54, 1.807) is 13.8 Å². The summed E-state index contributed by atoms with van der Waals surface area (Å²) in [7, 11) is 0. The van der Waals surface area contributed by atoms with Crippen LogP contribution in [0.2, 0.25) is 0 Å². The first kappa shape index (κ1) is 15.5. The van der Waals surface area contributed by atoms with Gasteiger partial charge in [-0.25, -0.2) is 8.78 Å². The normalized spacial score (nSPS) is 11.2. The minimum atomic E-state index is -0.994. The predicted molar refractivity (Wildman–Crippen MR) is 73.6 cm³/mol. The summed E-state index contributed by atoms with van der Waals surface area (Å²) in [5, 5.41) is 2.60. The van der Waals surface area contributed by atoms with Crippen LogP contribution in [0, 0.1) is 17.0 Å². The number of nitrogens with one attached hydrogen (secondary N) is 1. The van der Waals surface area contributed by atoms with E-state index in [0.29, 0.717) is 0 Å². The van der Waals surface area contributed by atoms with Gasteiger partial charge in [0.1, 0.15) is 0 Å². The Hall–Kier alpha value is -1.56. The first-order valence-corrected chi connectivity index (χ1v) is 6.14. The van der Waals surface area contributed by atoms with Gasteiger partial charge in [-0.15, -0.1) is 0 Å². The highest BCUT2D eigenvalue weighted by molar-refractivity contribution is 7.80. The number of carbonyl (C=O) groups is 1. The van der Waals surface area contributed by atoms with Crippen molar-refractivity contribution in [3.05, 3.63) is 35.4 Å². The van der Waals surface area contributed by atoms with Crippen LogP contribution in [0.3, 0.4) is 0 Å². The molecule has 1 amide bonds. The molecular formula is C13H16F2N2OS. The molecule has 0 unspecified atom stereocenters. The Labute approximate surface area is 116 Å². The van der Waals surface area contributed by atoms with E-state index in [-0.39, 0.29) is 23.5 Å². The van der Waals surface area contributed by atoms with E-state index in [4.69, 9.17) is 18.0 Å². The quantitative estimate of drug-likeness (QED) is 0.813. The molecular weight excluding hydrogens is 270 g/mol. The smallest absolute Gasteiger partial charge is 0.224 e. The third kappa shape index (κ3) is 4.24. The van der Waals surface area contributed by atoms with Crippen LogP contribution in [0.1, 0.15) is 19.4 Å². The van der Waals surface area contributed by atoms with Crippen LogP contribution in [-0.2, 0) is 11.2 Å². The minimum absolute atomic E-state index is 0.0191. The Morgan fingerprint density at radius 1 is 1.42 bits per heavy atom. The molecule has 1 aromatic carbocycles. The standard InChI is InChI=1S/C13H16F2N2OS/c1-13(2,12(16)19)7-17-10(18)6-8-4-3-5-9(14)11(8)15/h3-5H,6-7H2,1-2H3,(H2,16,19)(H,17,18). The molecule has 0 aliphatic heterocycles. The van der Waals surface area contributed by atoms with Gasteiger partial charge in [-0.3, -0.25) is 4.79 Å². The van der Waals surface area contributed by atoms with E-state index < -0.39 is 23.0 Å². The highest BCUT2D eigenvalue weighted by Gasteiger charge is 2.22. The summed E-state index contributed by atoms with van der Waals surface area (Å²) in [5.41, 5.74) is 5.02. The molecule has 0 radical (unpaired) electrons. The number of amides is 1. The monoisotopic (exact) mass is 286 g/mol. The van der Waals surface area contributed by atoms with Gasteiger partial charge in [0, 0.05) is 17.5 Å². The molecule has 104 valence electrons. The van der Waals surface area contributed by atoms with Crippen molar-refractivity contribution in [1.29, 1.82) is 0 Å². The van der Waals surface area contributed by atoms with Crippen LogP contribution >= 0.6 is 12.2 Å². The summed E-state index contributed by atoms with van der Waals surface area (Å²) in [5.74, 6) is -2.37. The number of rotatable bonds is 5. The predicted octanol–water partition coefficient (Wildman–Crippen LogP) is 1.94. The molecule has 0 atom stereocenters. The van der Waals surface area contributed by atoms with E-state index in [1.807, 2.05) is 0 Å². The van der Waals surface area contributed by atoms with Crippen LogP contribution in [0.25, 0.3) is 0 Å². The molecule has 0 aliphatic rings. The number of nitrogens with two attached hydrogens (primary N) is 1. The lowest BCUT2D eigenvalue weighted by atomic mass is 9.93. The Kier molecular flexibility index (Phi) is 4.94. The van der Waals surface area contributed by atoms with Gasteiger partial charge in [0.25, 0.3) is 0 Å². The van der Waals surface area contributed by atoms with Crippen LogP contribution in [-0.4, -0.2) is 17.4 Å². The molecule has 0 aliphatic carbocycles. The molecule has 0 heterocycles. The van der Waals surface area contributed by atoms with E-state index in [2.05, 4.69) is 5.32 Å². The van der Waals surface area contributed by atoms with Crippen molar-refractivity contribution in [1.82, 2.24) is 5.32 Å². The number of halogens is 2. The lowest BCUT2D eigenvalue weighted by molar-refractivity contribution is -0.120. The van der Waals surface area contributed by atoms with E-state index >= 15 is 0 Å². The van der Waals surface area contributed by atoms with Gasteiger partial charge in [-0.1, -0.05) is 38.2 Å². The number of hydrogen-bond acceptors (Lipinski definition) is 2. The molecule has 0 bridgehead atoms. The third-order valence-corrected chi connectivity index (χ3v) is 3.33. The van der Waals surface area contributed by atoms with Gasteiger partial charge in [0.2, 0.25) is 5.91 Å². The first-order chi connectivity index (χ1) is 8.74. The van der Waals surface area contributed by atoms with Crippen molar-refractivity contribution in [3.8, 4) is 0 Å². The van der Waals surface area contributed by atoms with Crippen molar-refractivity contribution in [2.45, 2.75) is 20.3 Å². The third-order valence-electron chi connectivity index (χ3n) is 2.78. The van der Waals surface area contributed by atoms with Gasteiger partial charge in [-0.2, -0.15) is 0 Å². The van der Waals surface area contributed by atoms with Crippen molar-refractivity contribution in [3.63, 3.8) is 0 Å². The maximum atomic E-state index is 13.4. The molecule has 1 rings (SSSR count). The first-order valence-electron chi connectivity index (χ1n) is 5.73. The summed E-state index contributed by atoms with van der Waals surface area (Å²) in [6.45, 7) is 3.83. The maximum Gasteiger partial charge on any atom is 0.224 e. The Morgan fingerprint density at radius 3 is 2.63 bits per heavy atom. The average molecular weight is 286 g/mol. The molecule has 0 saturated heterocycles. The molecule has 19 heavy (non-hydrogen) atoms. The number of hydrogen-bond donors (Lipinski definition) is 2. The Bertz CT molecular complexity index is 503. The van der Waals surface area contributed by atoms with Crippen LogP contribution in [0.4, 0.5) is 8.78 Å². The minimum Gasteiger partial charge on any atom is -0.393 e. The lowest BCUT2D eigenvalue weighted by Crippen LogP contribution is -2.42. The maximum absolute atomic E-state index is 13.4. The van der Waals surface area contributed by atoms with Gasteiger partial charge in [0.05, 0.1) is 11.4 Å². The van der Waals surface area contributed by atoms with E-state index in [9.17, 15) is 13.6 Å². The molecule has 3 N–H and O–H groups in total. The molecule has 0 saturated carbocycles. The largest absolute Gasteiger partial charge is 0.393 e. The van der Waals surface area contributed by atoms with Gasteiger partial charge >= 0.3 is 0 Å². The van der Waals surface area contributed by atoms with Crippen molar-refractivity contribution in [2.75, 3.05) is 6.54 Å². The average Bonchev–Trinajstić information content (AvgIpc) is 2.32. The Balaban J connectivity index is 2.62. The van der Waals surface area contributed by atoms with Crippen molar-refractivity contribution < 1.29 is 13.6 Å². The van der Waals surface area contributed by atoms with E-state index in [1.165, 1.54) is 12.1 Å². The zero-order chi connectivity index (χ0) is 14.6. The Morgan fingerprint density at radius 2 is 2.05 bits per heavy atom. The second kappa shape index (κ2) is 6.06. The second-order valence-electron chi connectivity index (χ2n) is 4.91. The molecule has 6 heteroatoms. The highest BCUT2D eigenvalue weighted by atomic mass is 32.1. The number of benzene rings is 1. The molecule has 0 fully saturated rings. The zero-order valence-electron chi connectivity index (χ0n) is 10.8. The number of carbonyl (C=O) groups excluding carboxylic acids is 1. The number of thiocarbonyl (C=S) groups is 1. The summed E-state index contributed by atoms with van der Waals surface area (Å²) >= 11 is 4.87. The van der Waals surface area contributed by atoms with Crippen molar-refractivity contribution >= 4 is 23.1 Å². The van der Waals surface area contributed by atoms with Gasteiger partial charge < -0.3 is 11.1 Å². The van der Waals surface area contributed by atoms with E-state index in [0.717, 1.165) is 6.07 Å². The lowest BCUT2D eigenvalue weighted by Gasteiger charge is -2.23. The van der Waals surface area contributed by atoms with Gasteiger partial charge in [0.15, 0.2) is 11.6 Å². The van der Waals surface area contributed by atoms with Crippen LogP contribution in [0.15, 0.2) is 18.2 Å². The fraction of sp³-hybridized carbons (Fsp3) is 0.385. The molecule has 3 nitrogen and oxygen atoms in total. The topological polar surface area (TPSA) is 55.1 Å². The van der Waals surface area contributed by atoms with Crippen molar-refractivity contribution in [2.24, 2.45) is 11.1 Å². The fourth-order valence-corrected chi connectivity index (χ4v) is 1.40. The second-order valence-corrected chi connectivity index (χ2v) is 5.35. The van der Waals surface area contributed by atoms with Crippen LogP contribution in [0.5, 0.6) is 0 Å². The zero-order valence-corrected chi connectivity index (χ0v) is 11.6. The van der Waals surface area contributed by atoms with Gasteiger partial charge in [-0.05, 0) is 6.07 Å². The molecule has 0 aromatic heterocycles. The molecule has 1 aromatic rings. The summed E-state index contributed by atoms with van der Waals surface area (Å²) < 4.78 is 26.3. The summed E-state index contributed by atoms with van der Waals surface area (Å²) in [4.78, 5) is 11.9. The molecule has 0 spiro atoms. The summed E-state index contributed by atoms with van der Waals surface area (Å²) in [6.07, 6.45) is -0.225. The fourth-order valence-electron chi connectivity index (χ4n) is 1.33.